The number of anilines is 1. The fraction of sp³-hybridized carbons (Fsp3) is 0.211. The molecule has 124 valence electrons. The van der Waals surface area contributed by atoms with Gasteiger partial charge in [0.15, 0.2) is 5.78 Å². The van der Waals surface area contributed by atoms with Crippen molar-refractivity contribution in [3.63, 3.8) is 0 Å². The van der Waals surface area contributed by atoms with Crippen LogP contribution in [0.4, 0.5) is 5.69 Å². The van der Waals surface area contributed by atoms with Gasteiger partial charge in [-0.05, 0) is 49.2 Å². The Kier molecular flexibility index (Phi) is 5.47. The van der Waals surface area contributed by atoms with E-state index in [0.717, 1.165) is 11.1 Å². The van der Waals surface area contributed by atoms with E-state index in [4.69, 9.17) is 0 Å². The van der Waals surface area contributed by atoms with E-state index in [0.29, 0.717) is 17.8 Å². The van der Waals surface area contributed by atoms with Crippen LogP contribution in [-0.2, 0) is 16.1 Å². The summed E-state index contributed by atoms with van der Waals surface area (Å²) in [4.78, 5) is 36.9. The minimum absolute atomic E-state index is 0.0538. The third kappa shape index (κ3) is 4.29. The van der Waals surface area contributed by atoms with E-state index < -0.39 is 11.8 Å². The highest BCUT2D eigenvalue weighted by Crippen LogP contribution is 2.12. The topological polar surface area (TPSA) is 66.5 Å². The first kappa shape index (κ1) is 17.4. The largest absolute Gasteiger partial charge is 0.333 e. The Morgan fingerprint density at radius 1 is 1.00 bits per heavy atom. The molecule has 2 aromatic rings. The highest BCUT2D eigenvalue weighted by molar-refractivity contribution is 6.39. The van der Waals surface area contributed by atoms with Crippen LogP contribution in [0.5, 0.6) is 0 Å². The van der Waals surface area contributed by atoms with E-state index in [2.05, 4.69) is 5.32 Å². The number of aryl methyl sites for hydroxylation is 1. The number of nitrogens with one attached hydrogen (secondary N) is 1. The summed E-state index contributed by atoms with van der Waals surface area (Å²) in [5.41, 5.74) is 3.09. The monoisotopic (exact) mass is 324 g/mol. The second kappa shape index (κ2) is 7.55. The molecule has 0 saturated heterocycles. The Hall–Kier alpha value is -2.95. The molecule has 0 saturated carbocycles. The number of benzene rings is 2. The average molecular weight is 324 g/mol. The second-order valence-corrected chi connectivity index (χ2v) is 5.68. The maximum atomic E-state index is 12.2. The van der Waals surface area contributed by atoms with E-state index in [1.54, 1.807) is 31.3 Å². The number of carbonyl (C=O) groups is 3. The number of hydrogen-bond acceptors (Lipinski definition) is 3. The average Bonchev–Trinajstić information content (AvgIpc) is 2.56. The molecule has 0 unspecified atom stereocenters. The lowest BCUT2D eigenvalue weighted by Crippen LogP contribution is -2.36. The van der Waals surface area contributed by atoms with Crippen molar-refractivity contribution < 1.29 is 14.4 Å². The van der Waals surface area contributed by atoms with Crippen molar-refractivity contribution >= 4 is 23.3 Å². The van der Waals surface area contributed by atoms with E-state index in [9.17, 15) is 14.4 Å². The molecule has 0 aliphatic carbocycles. The van der Waals surface area contributed by atoms with Gasteiger partial charge in [0.05, 0.1) is 0 Å². The van der Waals surface area contributed by atoms with Crippen molar-refractivity contribution in [2.45, 2.75) is 20.4 Å². The van der Waals surface area contributed by atoms with Crippen molar-refractivity contribution in [2.24, 2.45) is 0 Å². The van der Waals surface area contributed by atoms with Crippen LogP contribution >= 0.6 is 0 Å². The van der Waals surface area contributed by atoms with Gasteiger partial charge in [0.1, 0.15) is 0 Å². The van der Waals surface area contributed by atoms with Crippen LogP contribution < -0.4 is 5.32 Å². The van der Waals surface area contributed by atoms with Crippen molar-refractivity contribution in [1.29, 1.82) is 0 Å². The number of hydrogen-bond donors (Lipinski definition) is 1. The molecule has 0 aromatic heterocycles. The Bertz CT molecular complexity index is 766. The molecule has 0 spiro atoms. The highest BCUT2D eigenvalue weighted by atomic mass is 16.2. The van der Waals surface area contributed by atoms with Crippen LogP contribution in [0.2, 0.25) is 0 Å². The first-order valence-corrected chi connectivity index (χ1v) is 7.60. The predicted molar refractivity (Wildman–Crippen MR) is 92.7 cm³/mol. The second-order valence-electron chi connectivity index (χ2n) is 5.68. The normalized spacial score (nSPS) is 10.1. The van der Waals surface area contributed by atoms with E-state index in [1.807, 2.05) is 31.2 Å². The summed E-state index contributed by atoms with van der Waals surface area (Å²) in [6.07, 6.45) is 0. The zero-order chi connectivity index (χ0) is 17.7. The predicted octanol–water partition coefficient (Wildman–Crippen LogP) is 2.79. The van der Waals surface area contributed by atoms with E-state index in [-0.39, 0.29) is 5.78 Å². The molecule has 2 aromatic carbocycles. The summed E-state index contributed by atoms with van der Waals surface area (Å²) in [6, 6.07) is 14.1. The van der Waals surface area contributed by atoms with Gasteiger partial charge < -0.3 is 10.2 Å². The zero-order valence-corrected chi connectivity index (χ0v) is 14.0. The lowest BCUT2D eigenvalue weighted by atomic mass is 10.1. The summed E-state index contributed by atoms with van der Waals surface area (Å²) in [5.74, 6) is -1.38. The van der Waals surface area contributed by atoms with Gasteiger partial charge in [-0.15, -0.1) is 0 Å². The van der Waals surface area contributed by atoms with Gasteiger partial charge in [0.2, 0.25) is 0 Å². The first-order chi connectivity index (χ1) is 11.4. The number of nitrogens with zero attached hydrogens (tertiary/aromatic N) is 1. The number of rotatable bonds is 4. The molecule has 2 amide bonds. The van der Waals surface area contributed by atoms with Gasteiger partial charge in [-0.25, -0.2) is 0 Å². The minimum Gasteiger partial charge on any atom is -0.333 e. The molecular weight excluding hydrogens is 304 g/mol. The molecule has 0 fully saturated rings. The molecular formula is C19H20N2O3. The molecule has 0 atom stereocenters. The highest BCUT2D eigenvalue weighted by Gasteiger charge is 2.19. The Morgan fingerprint density at radius 3 is 2.21 bits per heavy atom. The Balaban J connectivity index is 1.99. The van der Waals surface area contributed by atoms with Gasteiger partial charge in [-0.3, -0.25) is 14.4 Å². The number of ketones is 1. The van der Waals surface area contributed by atoms with Crippen LogP contribution in [0.25, 0.3) is 0 Å². The molecule has 1 N–H and O–H groups in total. The quantitative estimate of drug-likeness (QED) is 0.695. The fourth-order valence-corrected chi connectivity index (χ4v) is 2.26. The summed E-state index contributed by atoms with van der Waals surface area (Å²) in [5, 5.41) is 2.55. The van der Waals surface area contributed by atoms with Crippen molar-refractivity contribution in [3.05, 3.63) is 65.2 Å². The minimum atomic E-state index is -0.707. The van der Waals surface area contributed by atoms with Crippen LogP contribution in [0.1, 0.15) is 28.4 Å². The third-order valence-corrected chi connectivity index (χ3v) is 3.76. The Labute approximate surface area is 141 Å². The van der Waals surface area contributed by atoms with Gasteiger partial charge >= 0.3 is 11.8 Å². The number of Topliss-reactive ketones (excluding diaryl/α,β-unsaturated/α-hetero) is 1. The summed E-state index contributed by atoms with van der Waals surface area (Å²) < 4.78 is 0. The van der Waals surface area contributed by atoms with Crippen LogP contribution in [-0.4, -0.2) is 29.5 Å². The number of carbonyl (C=O) groups excluding carboxylic acids is 3. The third-order valence-electron chi connectivity index (χ3n) is 3.76. The molecule has 24 heavy (non-hydrogen) atoms. The van der Waals surface area contributed by atoms with Crippen molar-refractivity contribution in [3.8, 4) is 0 Å². The number of likely N-dealkylation sites (N-methyl/N-ethyl adjacent to an activating group) is 1. The SMILES string of the molecule is CC(=O)c1ccc(NC(=O)C(=O)N(C)Cc2ccccc2C)cc1. The lowest BCUT2D eigenvalue weighted by molar-refractivity contribution is -0.142. The molecule has 0 radical (unpaired) electrons. The molecule has 5 nitrogen and oxygen atoms in total. The van der Waals surface area contributed by atoms with Gasteiger partial charge in [0.25, 0.3) is 0 Å². The maximum absolute atomic E-state index is 12.2. The molecule has 0 aliphatic heterocycles. The van der Waals surface area contributed by atoms with Crippen LogP contribution in [0.15, 0.2) is 48.5 Å². The first-order valence-electron chi connectivity index (χ1n) is 7.60. The lowest BCUT2D eigenvalue weighted by Gasteiger charge is -2.18. The zero-order valence-electron chi connectivity index (χ0n) is 14.0. The standard InChI is InChI=1S/C19H20N2O3/c1-13-6-4-5-7-16(13)12-21(3)19(24)18(23)20-17-10-8-15(9-11-17)14(2)22/h4-11H,12H2,1-3H3,(H,20,23). The van der Waals surface area contributed by atoms with Crippen LogP contribution in [0, 0.1) is 6.92 Å². The van der Waals surface area contributed by atoms with E-state index >= 15 is 0 Å². The van der Waals surface area contributed by atoms with Crippen molar-refractivity contribution in [2.75, 3.05) is 12.4 Å². The Morgan fingerprint density at radius 2 is 1.62 bits per heavy atom. The molecule has 5 heteroatoms. The smallest absolute Gasteiger partial charge is 0.313 e. The van der Waals surface area contributed by atoms with Gasteiger partial charge in [-0.1, -0.05) is 24.3 Å². The molecule has 0 heterocycles. The maximum Gasteiger partial charge on any atom is 0.313 e. The molecule has 0 aliphatic rings. The van der Waals surface area contributed by atoms with E-state index in [1.165, 1.54) is 11.8 Å². The van der Waals surface area contributed by atoms with Gasteiger partial charge in [-0.2, -0.15) is 0 Å². The van der Waals surface area contributed by atoms with Gasteiger partial charge in [0, 0.05) is 24.8 Å². The summed E-state index contributed by atoms with van der Waals surface area (Å²) >= 11 is 0. The summed E-state index contributed by atoms with van der Waals surface area (Å²) in [7, 11) is 1.59. The summed E-state index contributed by atoms with van der Waals surface area (Å²) in [6.45, 7) is 3.80. The fourth-order valence-electron chi connectivity index (χ4n) is 2.26. The van der Waals surface area contributed by atoms with Crippen LogP contribution in [0.3, 0.4) is 0 Å². The number of amides is 2. The molecule has 0 bridgehead atoms. The van der Waals surface area contributed by atoms with Crippen molar-refractivity contribution in [1.82, 2.24) is 4.90 Å². The molecule has 2 rings (SSSR count).